The van der Waals surface area contributed by atoms with Crippen LogP contribution in [0.5, 0.6) is 0 Å². The molecule has 1 fully saturated rings. The van der Waals surface area contributed by atoms with E-state index in [4.69, 9.17) is 0 Å². The third kappa shape index (κ3) is 4.47. The van der Waals surface area contributed by atoms with Crippen molar-refractivity contribution in [2.24, 2.45) is 0 Å². The molecular weight excluding hydrogens is 348 g/mol. The minimum absolute atomic E-state index is 0.196. The quantitative estimate of drug-likeness (QED) is 0.818. The number of nitrogens with zero attached hydrogens (tertiary/aromatic N) is 2. The maximum Gasteiger partial charge on any atom is 0.270 e. The first-order valence-electron chi connectivity index (χ1n) is 8.85. The SMILES string of the molecule is Cc1ccccc1C(=O)Nc1nc(C(=O)NCC[C@@H]2CCCN2C)cs1. The molecule has 1 atom stereocenters. The number of carbonyl (C=O) groups excluding carboxylic acids is 2. The van der Waals surface area contributed by atoms with E-state index in [0.29, 0.717) is 29.0 Å². The van der Waals surface area contributed by atoms with Crippen LogP contribution >= 0.6 is 11.3 Å². The second-order valence-electron chi connectivity index (χ2n) is 6.63. The van der Waals surface area contributed by atoms with E-state index in [-0.39, 0.29) is 11.8 Å². The van der Waals surface area contributed by atoms with Gasteiger partial charge in [0.05, 0.1) is 0 Å². The second-order valence-corrected chi connectivity index (χ2v) is 7.49. The Kier molecular flexibility index (Phi) is 6.00. The van der Waals surface area contributed by atoms with Gasteiger partial charge in [-0.05, 0) is 51.4 Å². The summed E-state index contributed by atoms with van der Waals surface area (Å²) in [6.45, 7) is 3.66. The minimum atomic E-state index is -0.214. The fraction of sp³-hybridized carbons (Fsp3) is 0.421. The zero-order valence-electron chi connectivity index (χ0n) is 15.1. The number of hydrogen-bond acceptors (Lipinski definition) is 5. The molecule has 2 aromatic rings. The van der Waals surface area contributed by atoms with Crippen LogP contribution in [0.2, 0.25) is 0 Å². The lowest BCUT2D eigenvalue weighted by atomic mass is 10.1. The van der Waals surface area contributed by atoms with Gasteiger partial charge in [0, 0.05) is 23.5 Å². The predicted octanol–water partition coefficient (Wildman–Crippen LogP) is 2.92. The lowest BCUT2D eigenvalue weighted by molar-refractivity contribution is 0.0944. The first-order chi connectivity index (χ1) is 12.5. The molecule has 138 valence electrons. The van der Waals surface area contributed by atoms with Gasteiger partial charge in [0.2, 0.25) is 0 Å². The van der Waals surface area contributed by atoms with E-state index in [2.05, 4.69) is 27.6 Å². The largest absolute Gasteiger partial charge is 0.351 e. The summed E-state index contributed by atoms with van der Waals surface area (Å²) in [7, 11) is 2.13. The Bertz CT molecular complexity index is 789. The van der Waals surface area contributed by atoms with Crippen molar-refractivity contribution < 1.29 is 9.59 Å². The lowest BCUT2D eigenvalue weighted by Gasteiger charge is -2.19. The summed E-state index contributed by atoms with van der Waals surface area (Å²) in [5.74, 6) is -0.410. The third-order valence-corrected chi connectivity index (χ3v) is 5.54. The first-order valence-corrected chi connectivity index (χ1v) is 9.73. The maximum atomic E-state index is 12.3. The van der Waals surface area contributed by atoms with Crippen molar-refractivity contribution in [3.05, 3.63) is 46.5 Å². The van der Waals surface area contributed by atoms with Crippen molar-refractivity contribution in [1.82, 2.24) is 15.2 Å². The van der Waals surface area contributed by atoms with E-state index in [1.807, 2.05) is 25.1 Å². The van der Waals surface area contributed by atoms with Crippen molar-refractivity contribution in [2.75, 3.05) is 25.5 Å². The number of anilines is 1. The van der Waals surface area contributed by atoms with Gasteiger partial charge in [-0.25, -0.2) is 4.98 Å². The molecule has 0 unspecified atom stereocenters. The second kappa shape index (κ2) is 8.42. The molecule has 6 nitrogen and oxygen atoms in total. The molecule has 3 rings (SSSR count). The molecule has 7 heteroatoms. The molecule has 1 aromatic carbocycles. The summed E-state index contributed by atoms with van der Waals surface area (Å²) in [6.07, 6.45) is 3.37. The van der Waals surface area contributed by atoms with Gasteiger partial charge in [0.15, 0.2) is 5.13 Å². The zero-order valence-corrected chi connectivity index (χ0v) is 15.9. The minimum Gasteiger partial charge on any atom is -0.351 e. The molecule has 2 amide bonds. The van der Waals surface area contributed by atoms with Crippen LogP contribution in [0.4, 0.5) is 5.13 Å². The Labute approximate surface area is 157 Å². The molecule has 1 aliphatic rings. The van der Waals surface area contributed by atoms with Crippen molar-refractivity contribution in [1.29, 1.82) is 0 Å². The molecule has 1 aliphatic heterocycles. The number of thiazole rings is 1. The first kappa shape index (κ1) is 18.5. The number of rotatable bonds is 6. The number of aryl methyl sites for hydroxylation is 1. The van der Waals surface area contributed by atoms with Gasteiger partial charge in [-0.2, -0.15) is 0 Å². The van der Waals surface area contributed by atoms with Crippen LogP contribution in [-0.2, 0) is 0 Å². The van der Waals surface area contributed by atoms with Gasteiger partial charge in [0.25, 0.3) is 11.8 Å². The molecule has 0 radical (unpaired) electrons. The lowest BCUT2D eigenvalue weighted by Crippen LogP contribution is -2.31. The van der Waals surface area contributed by atoms with E-state index in [1.54, 1.807) is 11.4 Å². The molecule has 2 heterocycles. The Balaban J connectivity index is 1.51. The van der Waals surface area contributed by atoms with E-state index in [0.717, 1.165) is 18.5 Å². The maximum absolute atomic E-state index is 12.3. The van der Waals surface area contributed by atoms with E-state index < -0.39 is 0 Å². The molecule has 26 heavy (non-hydrogen) atoms. The Morgan fingerprint density at radius 2 is 2.12 bits per heavy atom. The summed E-state index contributed by atoms with van der Waals surface area (Å²) in [5.41, 5.74) is 1.85. The smallest absolute Gasteiger partial charge is 0.270 e. The third-order valence-electron chi connectivity index (χ3n) is 4.78. The molecule has 1 aromatic heterocycles. The number of carbonyl (C=O) groups is 2. The monoisotopic (exact) mass is 372 g/mol. The van der Waals surface area contributed by atoms with Crippen LogP contribution in [-0.4, -0.2) is 47.9 Å². The number of aromatic nitrogens is 1. The van der Waals surface area contributed by atoms with Crippen molar-refractivity contribution >= 4 is 28.3 Å². The van der Waals surface area contributed by atoms with Gasteiger partial charge in [-0.3, -0.25) is 14.9 Å². The molecule has 1 saturated heterocycles. The Morgan fingerprint density at radius 1 is 1.31 bits per heavy atom. The molecule has 0 spiro atoms. The summed E-state index contributed by atoms with van der Waals surface area (Å²) < 4.78 is 0. The highest BCUT2D eigenvalue weighted by molar-refractivity contribution is 7.14. The van der Waals surface area contributed by atoms with Crippen LogP contribution in [0.15, 0.2) is 29.6 Å². The Morgan fingerprint density at radius 3 is 2.85 bits per heavy atom. The molecule has 0 saturated carbocycles. The summed E-state index contributed by atoms with van der Waals surface area (Å²) in [6, 6.07) is 7.92. The molecule has 2 N–H and O–H groups in total. The summed E-state index contributed by atoms with van der Waals surface area (Å²) >= 11 is 1.25. The number of amides is 2. The topological polar surface area (TPSA) is 74.3 Å². The fourth-order valence-electron chi connectivity index (χ4n) is 3.21. The normalized spacial score (nSPS) is 17.2. The highest BCUT2D eigenvalue weighted by Gasteiger charge is 2.21. The van der Waals surface area contributed by atoms with E-state index in [1.165, 1.54) is 24.2 Å². The van der Waals surface area contributed by atoms with Crippen molar-refractivity contribution in [3.63, 3.8) is 0 Å². The zero-order chi connectivity index (χ0) is 18.5. The number of nitrogens with one attached hydrogen (secondary N) is 2. The van der Waals surface area contributed by atoms with Crippen LogP contribution in [0.3, 0.4) is 0 Å². The molecule has 0 bridgehead atoms. The van der Waals surface area contributed by atoms with Gasteiger partial charge in [-0.15, -0.1) is 11.3 Å². The highest BCUT2D eigenvalue weighted by Crippen LogP contribution is 2.19. The van der Waals surface area contributed by atoms with E-state index in [9.17, 15) is 9.59 Å². The van der Waals surface area contributed by atoms with Crippen molar-refractivity contribution in [2.45, 2.75) is 32.2 Å². The standard InChI is InChI=1S/C19H24N4O2S/c1-13-6-3-4-8-15(13)17(24)22-19-21-16(12-26-19)18(25)20-10-9-14-7-5-11-23(14)2/h3-4,6,8,12,14H,5,7,9-11H2,1-2H3,(H,20,25)(H,21,22,24)/t14-/m0/s1. The number of benzene rings is 1. The molecule has 0 aliphatic carbocycles. The molecular formula is C19H24N4O2S. The van der Waals surface area contributed by atoms with Gasteiger partial charge >= 0.3 is 0 Å². The van der Waals surface area contributed by atoms with Gasteiger partial charge in [0.1, 0.15) is 5.69 Å². The average Bonchev–Trinajstić information content (AvgIpc) is 3.24. The number of hydrogen-bond donors (Lipinski definition) is 2. The predicted molar refractivity (Wildman–Crippen MR) is 104 cm³/mol. The van der Waals surface area contributed by atoms with Crippen molar-refractivity contribution in [3.8, 4) is 0 Å². The highest BCUT2D eigenvalue weighted by atomic mass is 32.1. The summed E-state index contributed by atoms with van der Waals surface area (Å²) in [4.78, 5) is 31.1. The van der Waals surface area contributed by atoms with Crippen LogP contribution in [0, 0.1) is 6.92 Å². The van der Waals surface area contributed by atoms with Gasteiger partial charge < -0.3 is 10.2 Å². The average molecular weight is 372 g/mol. The van der Waals surface area contributed by atoms with Gasteiger partial charge in [-0.1, -0.05) is 18.2 Å². The summed E-state index contributed by atoms with van der Waals surface area (Å²) in [5, 5.41) is 7.78. The fourth-order valence-corrected chi connectivity index (χ4v) is 3.90. The Hall–Kier alpha value is -2.25. The number of likely N-dealkylation sites (tertiary alicyclic amines) is 1. The van der Waals surface area contributed by atoms with Crippen LogP contribution in [0.1, 0.15) is 45.7 Å². The van der Waals surface area contributed by atoms with Crippen LogP contribution < -0.4 is 10.6 Å². The van der Waals surface area contributed by atoms with E-state index >= 15 is 0 Å². The van der Waals surface area contributed by atoms with Crippen LogP contribution in [0.25, 0.3) is 0 Å².